The summed E-state index contributed by atoms with van der Waals surface area (Å²) in [6.45, 7) is 3.83. The minimum Gasteiger partial charge on any atom is -0.481 e. The van der Waals surface area contributed by atoms with Gasteiger partial charge in [-0.05, 0) is 25.7 Å². The molecule has 3 unspecified atom stereocenters. The number of aliphatic carboxylic acids is 1. The molecule has 6 heteroatoms. The van der Waals surface area contributed by atoms with Crippen LogP contribution in [0, 0.1) is 5.92 Å². The molecule has 0 spiro atoms. The maximum atomic E-state index is 12.0. The molecule has 2 heterocycles. The van der Waals surface area contributed by atoms with Crippen molar-refractivity contribution in [1.29, 1.82) is 0 Å². The number of hydrogen-bond acceptors (Lipinski definition) is 3. The summed E-state index contributed by atoms with van der Waals surface area (Å²) in [5, 5.41) is 11.7. The van der Waals surface area contributed by atoms with Gasteiger partial charge in [-0.2, -0.15) is 0 Å². The predicted octanol–water partition coefficient (Wildman–Crippen LogP) is 0.670. The molecule has 3 atom stereocenters. The molecule has 2 aliphatic heterocycles. The van der Waals surface area contributed by atoms with Gasteiger partial charge in [0.15, 0.2) is 0 Å². The van der Waals surface area contributed by atoms with Crippen LogP contribution in [0.1, 0.15) is 26.2 Å². The quantitative estimate of drug-likeness (QED) is 0.778. The number of urea groups is 1. The first-order chi connectivity index (χ1) is 8.56. The van der Waals surface area contributed by atoms with Gasteiger partial charge in [-0.1, -0.05) is 0 Å². The van der Waals surface area contributed by atoms with E-state index in [2.05, 4.69) is 5.32 Å². The van der Waals surface area contributed by atoms with Gasteiger partial charge in [-0.15, -0.1) is 0 Å². The summed E-state index contributed by atoms with van der Waals surface area (Å²) in [5.41, 5.74) is 0. The Morgan fingerprint density at radius 3 is 2.83 bits per heavy atom. The number of carbonyl (C=O) groups is 2. The molecule has 2 saturated heterocycles. The summed E-state index contributed by atoms with van der Waals surface area (Å²) >= 11 is 0. The Hall–Kier alpha value is -1.30. The number of ether oxygens (including phenoxy) is 1. The van der Waals surface area contributed by atoms with Gasteiger partial charge in [0.25, 0.3) is 0 Å². The van der Waals surface area contributed by atoms with Gasteiger partial charge in [-0.3, -0.25) is 4.79 Å². The lowest BCUT2D eigenvalue weighted by atomic mass is 10.1. The molecule has 6 nitrogen and oxygen atoms in total. The molecule has 0 radical (unpaired) electrons. The predicted molar refractivity (Wildman–Crippen MR) is 64.3 cm³/mol. The Morgan fingerprint density at radius 2 is 2.22 bits per heavy atom. The number of carboxylic acids is 1. The van der Waals surface area contributed by atoms with Crippen LogP contribution in [-0.2, 0) is 9.53 Å². The maximum Gasteiger partial charge on any atom is 0.317 e. The van der Waals surface area contributed by atoms with Gasteiger partial charge >= 0.3 is 12.0 Å². The summed E-state index contributed by atoms with van der Waals surface area (Å²) in [6, 6.07) is -0.0127. The molecule has 18 heavy (non-hydrogen) atoms. The smallest absolute Gasteiger partial charge is 0.317 e. The third kappa shape index (κ3) is 3.13. The van der Waals surface area contributed by atoms with E-state index >= 15 is 0 Å². The topological polar surface area (TPSA) is 78.9 Å². The third-order valence-electron chi connectivity index (χ3n) is 3.72. The maximum absolute atomic E-state index is 12.0. The van der Waals surface area contributed by atoms with Crippen LogP contribution < -0.4 is 5.32 Å². The van der Waals surface area contributed by atoms with Crippen LogP contribution in [0.25, 0.3) is 0 Å². The number of nitrogens with zero attached hydrogens (tertiary/aromatic N) is 1. The lowest BCUT2D eigenvalue weighted by Crippen LogP contribution is -2.46. The molecule has 0 aromatic heterocycles. The first-order valence-corrected chi connectivity index (χ1v) is 6.45. The van der Waals surface area contributed by atoms with Gasteiger partial charge in [0.1, 0.15) is 0 Å². The fourth-order valence-corrected chi connectivity index (χ4v) is 2.60. The fraction of sp³-hybridized carbons (Fsp3) is 0.833. The van der Waals surface area contributed by atoms with Crippen LogP contribution >= 0.6 is 0 Å². The van der Waals surface area contributed by atoms with Gasteiger partial charge in [0.2, 0.25) is 0 Å². The number of hydrogen-bond donors (Lipinski definition) is 2. The largest absolute Gasteiger partial charge is 0.481 e. The summed E-state index contributed by atoms with van der Waals surface area (Å²) in [4.78, 5) is 24.3. The lowest BCUT2D eigenvalue weighted by molar-refractivity contribution is -0.138. The van der Waals surface area contributed by atoms with E-state index in [9.17, 15) is 9.59 Å². The molecular weight excluding hydrogens is 236 g/mol. The van der Waals surface area contributed by atoms with E-state index in [0.717, 1.165) is 12.8 Å². The highest BCUT2D eigenvalue weighted by Crippen LogP contribution is 2.20. The van der Waals surface area contributed by atoms with Crippen molar-refractivity contribution in [3.8, 4) is 0 Å². The Labute approximate surface area is 106 Å². The molecule has 2 aliphatic rings. The second kappa shape index (κ2) is 5.56. The third-order valence-corrected chi connectivity index (χ3v) is 3.72. The average molecular weight is 256 g/mol. The van der Waals surface area contributed by atoms with Gasteiger partial charge in [0.05, 0.1) is 12.1 Å². The Kier molecular flexibility index (Phi) is 4.06. The highest BCUT2D eigenvalue weighted by molar-refractivity contribution is 5.75. The van der Waals surface area contributed by atoms with Crippen molar-refractivity contribution in [3.05, 3.63) is 0 Å². The van der Waals surface area contributed by atoms with E-state index in [1.54, 1.807) is 4.90 Å². The van der Waals surface area contributed by atoms with Crippen molar-refractivity contribution in [3.63, 3.8) is 0 Å². The number of nitrogens with one attached hydrogen (secondary N) is 1. The standard InChI is InChI=1S/C12H20N2O4/c1-8-10(3-5-18-8)13-12(17)14-4-2-9(7-14)6-11(15)16/h8-10H,2-7H2,1H3,(H,13,17)(H,15,16). The van der Waals surface area contributed by atoms with Crippen molar-refractivity contribution in [2.24, 2.45) is 5.92 Å². The van der Waals surface area contributed by atoms with Crippen molar-refractivity contribution < 1.29 is 19.4 Å². The first-order valence-electron chi connectivity index (χ1n) is 6.45. The van der Waals surface area contributed by atoms with Gasteiger partial charge < -0.3 is 20.1 Å². The summed E-state index contributed by atoms with van der Waals surface area (Å²) in [6.07, 6.45) is 1.83. The van der Waals surface area contributed by atoms with Crippen molar-refractivity contribution in [2.75, 3.05) is 19.7 Å². The molecule has 2 amide bonds. The SMILES string of the molecule is CC1OCCC1NC(=O)N1CCC(CC(=O)O)C1. The minimum absolute atomic E-state index is 0.0615. The zero-order valence-electron chi connectivity index (χ0n) is 10.6. The molecule has 0 aromatic carbocycles. The number of carbonyl (C=O) groups excluding carboxylic acids is 1. The van der Waals surface area contributed by atoms with Crippen molar-refractivity contribution in [2.45, 2.75) is 38.3 Å². The Balaban J connectivity index is 1.78. The van der Waals surface area contributed by atoms with Crippen LogP contribution in [0.4, 0.5) is 4.79 Å². The molecule has 2 fully saturated rings. The Morgan fingerprint density at radius 1 is 1.44 bits per heavy atom. The molecular formula is C12H20N2O4. The Bertz CT molecular complexity index is 334. The number of carboxylic acid groups (broad SMARTS) is 1. The minimum atomic E-state index is -0.792. The van der Waals surface area contributed by atoms with Crippen LogP contribution in [0.3, 0.4) is 0 Å². The number of likely N-dealkylation sites (tertiary alicyclic amines) is 1. The zero-order chi connectivity index (χ0) is 13.1. The van der Waals surface area contributed by atoms with Crippen LogP contribution in [-0.4, -0.2) is 53.8 Å². The van der Waals surface area contributed by atoms with Crippen molar-refractivity contribution in [1.82, 2.24) is 10.2 Å². The first kappa shape index (κ1) is 13.1. The van der Waals surface area contributed by atoms with Crippen LogP contribution in [0.15, 0.2) is 0 Å². The van der Waals surface area contributed by atoms with Crippen LogP contribution in [0.2, 0.25) is 0 Å². The van der Waals surface area contributed by atoms with E-state index in [4.69, 9.17) is 9.84 Å². The van der Waals surface area contributed by atoms with Crippen LogP contribution in [0.5, 0.6) is 0 Å². The van der Waals surface area contributed by atoms with Gasteiger partial charge in [-0.25, -0.2) is 4.79 Å². The monoisotopic (exact) mass is 256 g/mol. The number of amides is 2. The molecule has 2 rings (SSSR count). The molecule has 102 valence electrons. The molecule has 2 N–H and O–H groups in total. The van der Waals surface area contributed by atoms with E-state index in [-0.39, 0.29) is 30.5 Å². The molecule has 0 aliphatic carbocycles. The second-order valence-electron chi connectivity index (χ2n) is 5.12. The van der Waals surface area contributed by atoms with Gasteiger partial charge in [0, 0.05) is 26.1 Å². The van der Waals surface area contributed by atoms with E-state index in [1.165, 1.54) is 0 Å². The zero-order valence-corrected chi connectivity index (χ0v) is 10.6. The average Bonchev–Trinajstić information content (AvgIpc) is 2.88. The summed E-state index contributed by atoms with van der Waals surface area (Å²) in [7, 11) is 0. The molecule has 0 aromatic rings. The van der Waals surface area contributed by atoms with Crippen molar-refractivity contribution >= 4 is 12.0 Å². The number of rotatable bonds is 3. The highest BCUT2D eigenvalue weighted by Gasteiger charge is 2.31. The van der Waals surface area contributed by atoms with E-state index in [0.29, 0.717) is 19.7 Å². The highest BCUT2D eigenvalue weighted by atomic mass is 16.5. The normalized spacial score (nSPS) is 31.6. The van der Waals surface area contributed by atoms with E-state index in [1.807, 2.05) is 6.92 Å². The summed E-state index contributed by atoms with van der Waals surface area (Å²) < 4.78 is 5.39. The fourth-order valence-electron chi connectivity index (χ4n) is 2.60. The summed E-state index contributed by atoms with van der Waals surface area (Å²) in [5.74, 6) is -0.703. The lowest BCUT2D eigenvalue weighted by Gasteiger charge is -2.22. The van der Waals surface area contributed by atoms with E-state index < -0.39 is 5.97 Å². The molecule has 0 bridgehead atoms. The molecule has 0 saturated carbocycles. The second-order valence-corrected chi connectivity index (χ2v) is 5.12.